The van der Waals surface area contributed by atoms with Crippen LogP contribution in [0.25, 0.3) is 0 Å². The van der Waals surface area contributed by atoms with E-state index in [1.165, 1.54) is 64.2 Å². The molecule has 0 bridgehead atoms. The van der Waals surface area contributed by atoms with Crippen molar-refractivity contribution < 1.29 is 0 Å². The summed E-state index contributed by atoms with van der Waals surface area (Å²) in [5.41, 5.74) is 6.55. The van der Waals surface area contributed by atoms with Gasteiger partial charge in [0.25, 0.3) is 0 Å². The summed E-state index contributed by atoms with van der Waals surface area (Å²) >= 11 is 0. The van der Waals surface area contributed by atoms with Crippen molar-refractivity contribution >= 4 is 0 Å². The molecule has 3 unspecified atom stereocenters. The highest BCUT2D eigenvalue weighted by molar-refractivity contribution is 4.85. The van der Waals surface area contributed by atoms with Gasteiger partial charge >= 0.3 is 0 Å². The molecule has 0 aromatic heterocycles. The summed E-state index contributed by atoms with van der Waals surface area (Å²) < 4.78 is 0. The third kappa shape index (κ3) is 3.23. The van der Waals surface area contributed by atoms with Crippen LogP contribution in [0.15, 0.2) is 0 Å². The molecule has 0 radical (unpaired) electrons. The Balaban J connectivity index is 1.86. The molecule has 0 aromatic carbocycles. The highest BCUT2D eigenvalue weighted by Gasteiger charge is 2.29. The van der Waals surface area contributed by atoms with Crippen molar-refractivity contribution in [3.63, 3.8) is 0 Å². The van der Waals surface area contributed by atoms with Gasteiger partial charge in [0.1, 0.15) is 0 Å². The molecule has 2 aliphatic carbocycles. The maximum atomic E-state index is 6.55. The van der Waals surface area contributed by atoms with E-state index in [-0.39, 0.29) is 0 Å². The minimum Gasteiger partial charge on any atom is -0.327 e. The van der Waals surface area contributed by atoms with Gasteiger partial charge in [-0.2, -0.15) is 0 Å². The van der Waals surface area contributed by atoms with Crippen molar-refractivity contribution in [1.29, 1.82) is 0 Å². The second-order valence-corrected chi connectivity index (χ2v) is 6.36. The van der Waals surface area contributed by atoms with Crippen LogP contribution in [0.1, 0.15) is 71.1 Å². The molecule has 1 nitrogen and oxygen atoms in total. The van der Waals surface area contributed by atoms with Gasteiger partial charge in [0, 0.05) is 6.04 Å². The Morgan fingerprint density at radius 2 is 1.44 bits per heavy atom. The molecule has 2 rings (SSSR count). The second-order valence-electron chi connectivity index (χ2n) is 6.36. The Bertz CT molecular complexity index is 192. The lowest BCUT2D eigenvalue weighted by atomic mass is 9.74. The third-order valence-corrected chi connectivity index (χ3v) is 4.97. The first-order valence-corrected chi connectivity index (χ1v) is 7.53. The maximum Gasteiger partial charge on any atom is 0.00957 e. The molecule has 3 atom stereocenters. The summed E-state index contributed by atoms with van der Waals surface area (Å²) in [6.45, 7) is 2.41. The van der Waals surface area contributed by atoms with Crippen LogP contribution in [-0.4, -0.2) is 6.04 Å². The summed E-state index contributed by atoms with van der Waals surface area (Å²) in [7, 11) is 0. The Labute approximate surface area is 101 Å². The van der Waals surface area contributed by atoms with Crippen molar-refractivity contribution in [2.75, 3.05) is 0 Å². The van der Waals surface area contributed by atoms with E-state index in [9.17, 15) is 0 Å². The van der Waals surface area contributed by atoms with E-state index in [0.29, 0.717) is 6.04 Å². The van der Waals surface area contributed by atoms with Crippen molar-refractivity contribution in [1.82, 2.24) is 0 Å². The molecule has 0 aromatic rings. The van der Waals surface area contributed by atoms with Gasteiger partial charge in [-0.3, -0.25) is 0 Å². The monoisotopic (exact) mass is 223 g/mol. The van der Waals surface area contributed by atoms with Crippen molar-refractivity contribution in [2.45, 2.75) is 77.2 Å². The molecule has 2 N–H and O–H groups in total. The zero-order chi connectivity index (χ0) is 11.4. The molecule has 0 aliphatic heterocycles. The molecule has 94 valence electrons. The van der Waals surface area contributed by atoms with Crippen LogP contribution in [0.3, 0.4) is 0 Å². The molecule has 2 fully saturated rings. The van der Waals surface area contributed by atoms with Crippen LogP contribution < -0.4 is 5.73 Å². The minimum absolute atomic E-state index is 0.515. The molecule has 0 saturated heterocycles. The fourth-order valence-electron chi connectivity index (χ4n) is 3.91. The molecule has 2 saturated carbocycles. The average Bonchev–Trinajstić information content (AvgIpc) is 2.56. The lowest BCUT2D eigenvalue weighted by Crippen LogP contribution is -2.39. The van der Waals surface area contributed by atoms with Crippen LogP contribution >= 0.6 is 0 Å². The number of rotatable bonds is 2. The fraction of sp³-hybridized carbons (Fsp3) is 1.00. The van der Waals surface area contributed by atoms with Crippen molar-refractivity contribution in [2.24, 2.45) is 23.5 Å². The van der Waals surface area contributed by atoms with Crippen molar-refractivity contribution in [3.05, 3.63) is 0 Å². The zero-order valence-corrected chi connectivity index (χ0v) is 11.0. The average molecular weight is 223 g/mol. The number of hydrogen-bond acceptors (Lipinski definition) is 1. The van der Waals surface area contributed by atoms with Crippen LogP contribution in [0.5, 0.6) is 0 Å². The van der Waals surface area contributed by atoms with Gasteiger partial charge in [-0.25, -0.2) is 0 Å². The van der Waals surface area contributed by atoms with E-state index in [4.69, 9.17) is 5.73 Å². The summed E-state index contributed by atoms with van der Waals surface area (Å²) in [6, 6.07) is 0.515. The summed E-state index contributed by atoms with van der Waals surface area (Å²) in [4.78, 5) is 0. The van der Waals surface area contributed by atoms with E-state index in [1.807, 2.05) is 0 Å². The Kier molecular flexibility index (Phi) is 4.69. The van der Waals surface area contributed by atoms with E-state index >= 15 is 0 Å². The fourth-order valence-corrected chi connectivity index (χ4v) is 3.91. The molecule has 16 heavy (non-hydrogen) atoms. The van der Waals surface area contributed by atoms with Crippen LogP contribution in [0, 0.1) is 17.8 Å². The standard InChI is InChI=1S/C15H29N/c1-12-7-6-10-14(11-12)15(16)13-8-4-2-3-5-9-13/h12-15H,2-11,16H2,1H3. The van der Waals surface area contributed by atoms with Gasteiger partial charge in [0.15, 0.2) is 0 Å². The maximum absolute atomic E-state index is 6.55. The molecular formula is C15H29N. The Morgan fingerprint density at radius 1 is 0.812 bits per heavy atom. The van der Waals surface area contributed by atoms with E-state index < -0.39 is 0 Å². The van der Waals surface area contributed by atoms with E-state index in [1.54, 1.807) is 0 Å². The van der Waals surface area contributed by atoms with Crippen molar-refractivity contribution in [3.8, 4) is 0 Å². The summed E-state index contributed by atoms with van der Waals surface area (Å²) in [5.74, 6) is 2.61. The smallest absolute Gasteiger partial charge is 0.00957 e. The third-order valence-electron chi connectivity index (χ3n) is 4.97. The number of hydrogen-bond donors (Lipinski definition) is 1. The van der Waals surface area contributed by atoms with Crippen LogP contribution in [0.4, 0.5) is 0 Å². The molecular weight excluding hydrogens is 194 g/mol. The SMILES string of the molecule is CC1CCCC(C(N)C2CCCCCC2)C1. The lowest BCUT2D eigenvalue weighted by Gasteiger charge is -2.35. The first kappa shape index (κ1) is 12.4. The Morgan fingerprint density at radius 3 is 2.06 bits per heavy atom. The normalized spacial score (nSPS) is 35.6. The first-order chi connectivity index (χ1) is 7.77. The molecule has 2 aliphatic rings. The first-order valence-electron chi connectivity index (χ1n) is 7.53. The molecule has 1 heteroatoms. The van der Waals surface area contributed by atoms with Crippen LogP contribution in [-0.2, 0) is 0 Å². The highest BCUT2D eigenvalue weighted by atomic mass is 14.7. The Hall–Kier alpha value is -0.0400. The quantitative estimate of drug-likeness (QED) is 0.700. The minimum atomic E-state index is 0.515. The predicted molar refractivity (Wildman–Crippen MR) is 70.3 cm³/mol. The largest absolute Gasteiger partial charge is 0.327 e. The van der Waals surface area contributed by atoms with E-state index in [0.717, 1.165) is 17.8 Å². The van der Waals surface area contributed by atoms with Gasteiger partial charge in [0.2, 0.25) is 0 Å². The molecule has 0 heterocycles. The van der Waals surface area contributed by atoms with Gasteiger partial charge < -0.3 is 5.73 Å². The highest BCUT2D eigenvalue weighted by Crippen LogP contribution is 2.35. The van der Waals surface area contributed by atoms with Gasteiger partial charge in [-0.1, -0.05) is 45.4 Å². The summed E-state index contributed by atoms with van der Waals surface area (Å²) in [6.07, 6.45) is 14.2. The predicted octanol–water partition coefficient (Wildman–Crippen LogP) is 4.11. The van der Waals surface area contributed by atoms with Gasteiger partial charge in [-0.05, 0) is 43.4 Å². The molecule has 0 spiro atoms. The van der Waals surface area contributed by atoms with E-state index in [2.05, 4.69) is 6.92 Å². The summed E-state index contributed by atoms with van der Waals surface area (Å²) in [5, 5.41) is 0. The van der Waals surface area contributed by atoms with Gasteiger partial charge in [-0.15, -0.1) is 0 Å². The number of nitrogens with two attached hydrogens (primary N) is 1. The molecule has 0 amide bonds. The second kappa shape index (κ2) is 6.05. The zero-order valence-electron chi connectivity index (χ0n) is 11.0. The topological polar surface area (TPSA) is 26.0 Å². The van der Waals surface area contributed by atoms with Gasteiger partial charge in [0.05, 0.1) is 0 Å². The lowest BCUT2D eigenvalue weighted by molar-refractivity contribution is 0.195. The van der Waals surface area contributed by atoms with Crippen LogP contribution in [0.2, 0.25) is 0 Å².